The van der Waals surface area contributed by atoms with Gasteiger partial charge in [-0.15, -0.1) is 0 Å². The first-order valence-corrected chi connectivity index (χ1v) is 6.65. The van der Waals surface area contributed by atoms with Crippen molar-refractivity contribution in [3.05, 3.63) is 31.8 Å². The predicted octanol–water partition coefficient (Wildman–Crippen LogP) is 3.63. The number of carboxylic acid groups (broad SMARTS) is 1. The Kier molecular flexibility index (Phi) is 3.35. The van der Waals surface area contributed by atoms with Gasteiger partial charge in [0.15, 0.2) is 0 Å². The van der Waals surface area contributed by atoms with Crippen LogP contribution in [0.5, 0.6) is 0 Å². The topological polar surface area (TPSA) is 37.3 Å². The third kappa shape index (κ3) is 2.36. The fourth-order valence-electron chi connectivity index (χ4n) is 1.80. The Hall–Kier alpha value is -0.100. The Morgan fingerprint density at radius 3 is 2.67 bits per heavy atom. The number of halogens is 2. The molecule has 1 N–H and O–H groups in total. The van der Waals surface area contributed by atoms with Crippen LogP contribution in [0.1, 0.15) is 24.3 Å². The van der Waals surface area contributed by atoms with Gasteiger partial charge < -0.3 is 5.11 Å². The van der Waals surface area contributed by atoms with Crippen LogP contribution in [0.3, 0.4) is 0 Å². The van der Waals surface area contributed by atoms with E-state index in [4.69, 9.17) is 0 Å². The number of hydrogen-bond acceptors (Lipinski definition) is 1. The van der Waals surface area contributed by atoms with Gasteiger partial charge in [-0.2, -0.15) is 0 Å². The summed E-state index contributed by atoms with van der Waals surface area (Å²) in [6, 6.07) is 5.80. The minimum absolute atomic E-state index is 0.328. The van der Waals surface area contributed by atoms with Crippen molar-refractivity contribution in [3.63, 3.8) is 0 Å². The van der Waals surface area contributed by atoms with Crippen LogP contribution in [0.2, 0.25) is 0 Å². The fourth-order valence-corrected chi connectivity index (χ4v) is 3.62. The van der Waals surface area contributed by atoms with E-state index in [1.807, 2.05) is 18.2 Å². The second-order valence-electron chi connectivity index (χ2n) is 3.79. The molecule has 15 heavy (non-hydrogen) atoms. The summed E-state index contributed by atoms with van der Waals surface area (Å²) >= 11 is 5.65. The highest BCUT2D eigenvalue weighted by molar-refractivity contribution is 14.1. The average Bonchev–Trinajstić information content (AvgIpc) is 2.94. The van der Waals surface area contributed by atoms with E-state index in [-0.39, 0.29) is 5.92 Å². The van der Waals surface area contributed by atoms with Crippen LogP contribution in [0.15, 0.2) is 22.7 Å². The number of carbonyl (C=O) groups is 1. The van der Waals surface area contributed by atoms with Crippen LogP contribution in [-0.4, -0.2) is 11.1 Å². The summed E-state index contributed by atoms with van der Waals surface area (Å²) in [5.41, 5.74) is 0.938. The van der Waals surface area contributed by atoms with Gasteiger partial charge >= 0.3 is 5.97 Å². The molecule has 1 atom stereocenters. The molecule has 1 aliphatic rings. The van der Waals surface area contributed by atoms with Crippen LogP contribution in [0.25, 0.3) is 0 Å². The second-order valence-corrected chi connectivity index (χ2v) is 5.81. The second kappa shape index (κ2) is 4.41. The van der Waals surface area contributed by atoms with E-state index in [1.165, 1.54) is 0 Å². The standard InChI is InChI=1S/C11H10BrIO2/c12-7-2-1-3-8(13)10(7)9(11(14)15)6-4-5-6/h1-3,6,9H,4-5H2,(H,14,15). The summed E-state index contributed by atoms with van der Waals surface area (Å²) in [5.74, 6) is -0.718. The van der Waals surface area contributed by atoms with Crippen LogP contribution in [0, 0.1) is 9.49 Å². The van der Waals surface area contributed by atoms with Crippen LogP contribution >= 0.6 is 38.5 Å². The lowest BCUT2D eigenvalue weighted by Gasteiger charge is -2.15. The lowest BCUT2D eigenvalue weighted by atomic mass is 9.94. The molecular weight excluding hydrogens is 371 g/mol. The zero-order valence-electron chi connectivity index (χ0n) is 7.91. The molecule has 0 amide bonds. The Morgan fingerprint density at radius 2 is 2.20 bits per heavy atom. The van der Waals surface area contributed by atoms with Crippen molar-refractivity contribution in [1.82, 2.24) is 0 Å². The molecule has 1 aliphatic carbocycles. The van der Waals surface area contributed by atoms with Crippen molar-refractivity contribution in [3.8, 4) is 0 Å². The van der Waals surface area contributed by atoms with Crippen molar-refractivity contribution in [1.29, 1.82) is 0 Å². The lowest BCUT2D eigenvalue weighted by molar-refractivity contribution is -0.139. The molecule has 1 aromatic rings. The average molecular weight is 381 g/mol. The first-order valence-electron chi connectivity index (χ1n) is 4.78. The Labute approximate surface area is 110 Å². The van der Waals surface area contributed by atoms with E-state index < -0.39 is 5.97 Å². The Balaban J connectivity index is 2.45. The smallest absolute Gasteiger partial charge is 0.311 e. The highest BCUT2D eigenvalue weighted by atomic mass is 127. The monoisotopic (exact) mass is 380 g/mol. The molecule has 1 unspecified atom stereocenters. The first kappa shape index (κ1) is 11.4. The van der Waals surface area contributed by atoms with E-state index in [9.17, 15) is 9.90 Å². The van der Waals surface area contributed by atoms with E-state index in [1.54, 1.807) is 0 Å². The third-order valence-corrected chi connectivity index (χ3v) is 4.30. The Bertz CT molecular complexity index is 381. The van der Waals surface area contributed by atoms with Crippen molar-refractivity contribution < 1.29 is 9.90 Å². The molecular formula is C11H10BrIO2. The van der Waals surface area contributed by atoms with E-state index in [0.29, 0.717) is 5.92 Å². The van der Waals surface area contributed by atoms with Crippen LogP contribution in [0.4, 0.5) is 0 Å². The summed E-state index contributed by atoms with van der Waals surface area (Å²) in [5, 5.41) is 9.26. The molecule has 4 heteroatoms. The van der Waals surface area contributed by atoms with Gasteiger partial charge in [-0.1, -0.05) is 22.0 Å². The molecule has 2 rings (SSSR count). The highest BCUT2D eigenvalue weighted by Gasteiger charge is 2.39. The van der Waals surface area contributed by atoms with Crippen molar-refractivity contribution in [2.75, 3.05) is 0 Å². The van der Waals surface area contributed by atoms with Crippen LogP contribution < -0.4 is 0 Å². The van der Waals surface area contributed by atoms with Gasteiger partial charge in [0.25, 0.3) is 0 Å². The first-order chi connectivity index (χ1) is 7.11. The maximum Gasteiger partial charge on any atom is 0.311 e. The molecule has 0 saturated heterocycles. The van der Waals surface area contributed by atoms with Gasteiger partial charge in [0.1, 0.15) is 0 Å². The van der Waals surface area contributed by atoms with Crippen molar-refractivity contribution in [2.45, 2.75) is 18.8 Å². The SMILES string of the molecule is O=C(O)C(c1c(Br)cccc1I)C1CC1. The van der Waals surface area contributed by atoms with E-state index in [2.05, 4.69) is 38.5 Å². The number of benzene rings is 1. The summed E-state index contributed by atoms with van der Waals surface area (Å²) in [6.45, 7) is 0. The van der Waals surface area contributed by atoms with Gasteiger partial charge in [-0.05, 0) is 59.0 Å². The minimum Gasteiger partial charge on any atom is -0.481 e. The number of aliphatic carboxylic acids is 1. The normalized spacial score (nSPS) is 17.5. The largest absolute Gasteiger partial charge is 0.481 e. The molecule has 0 bridgehead atoms. The van der Waals surface area contributed by atoms with Crippen LogP contribution in [-0.2, 0) is 4.79 Å². The van der Waals surface area contributed by atoms with Crippen molar-refractivity contribution in [2.24, 2.45) is 5.92 Å². The molecule has 0 spiro atoms. The van der Waals surface area contributed by atoms with Crippen molar-refractivity contribution >= 4 is 44.5 Å². The van der Waals surface area contributed by atoms with Gasteiger partial charge in [0.2, 0.25) is 0 Å². The summed E-state index contributed by atoms with van der Waals surface area (Å²) in [6.07, 6.45) is 2.07. The molecule has 0 heterocycles. The zero-order valence-corrected chi connectivity index (χ0v) is 11.7. The molecule has 1 saturated carbocycles. The predicted molar refractivity (Wildman–Crippen MR) is 70.0 cm³/mol. The number of hydrogen-bond donors (Lipinski definition) is 1. The maximum absolute atomic E-state index is 11.3. The quantitative estimate of drug-likeness (QED) is 0.813. The Morgan fingerprint density at radius 1 is 1.53 bits per heavy atom. The summed E-state index contributed by atoms with van der Waals surface area (Å²) in [4.78, 5) is 11.3. The molecule has 80 valence electrons. The molecule has 0 aliphatic heterocycles. The zero-order chi connectivity index (χ0) is 11.0. The molecule has 1 aromatic carbocycles. The summed E-state index contributed by atoms with van der Waals surface area (Å²) < 4.78 is 1.94. The molecule has 0 aromatic heterocycles. The molecule has 2 nitrogen and oxygen atoms in total. The van der Waals surface area contributed by atoms with Gasteiger partial charge in [-0.25, -0.2) is 0 Å². The van der Waals surface area contributed by atoms with E-state index >= 15 is 0 Å². The lowest BCUT2D eigenvalue weighted by Crippen LogP contribution is -2.15. The number of rotatable bonds is 3. The van der Waals surface area contributed by atoms with Gasteiger partial charge in [-0.3, -0.25) is 4.79 Å². The highest BCUT2D eigenvalue weighted by Crippen LogP contribution is 2.45. The van der Waals surface area contributed by atoms with E-state index in [0.717, 1.165) is 26.4 Å². The van der Waals surface area contributed by atoms with Gasteiger partial charge in [0, 0.05) is 8.04 Å². The fraction of sp³-hybridized carbons (Fsp3) is 0.364. The number of carboxylic acids is 1. The third-order valence-electron chi connectivity index (χ3n) is 2.67. The summed E-state index contributed by atoms with van der Waals surface area (Å²) in [7, 11) is 0. The molecule has 1 fully saturated rings. The minimum atomic E-state index is -0.706. The van der Waals surface area contributed by atoms with Gasteiger partial charge in [0.05, 0.1) is 5.92 Å². The molecule has 0 radical (unpaired) electrons. The maximum atomic E-state index is 11.3.